The summed E-state index contributed by atoms with van der Waals surface area (Å²) < 4.78 is 11.7. The Morgan fingerprint density at radius 3 is 1.76 bits per heavy atom. The molecule has 0 bridgehead atoms. The molecule has 1 unspecified atom stereocenters. The van der Waals surface area contributed by atoms with E-state index in [0.717, 1.165) is 19.8 Å². The number of hydrogen-bond donors (Lipinski definition) is 1. The van der Waals surface area contributed by atoms with Crippen molar-refractivity contribution in [1.82, 2.24) is 0 Å². The first kappa shape index (κ1) is 17.1. The van der Waals surface area contributed by atoms with Crippen LogP contribution in [0.15, 0.2) is 0 Å². The lowest BCUT2D eigenvalue weighted by atomic mass is 10.2. The van der Waals surface area contributed by atoms with Crippen LogP contribution >= 0.6 is 0 Å². The van der Waals surface area contributed by atoms with Gasteiger partial charge in [0.1, 0.15) is 5.91 Å². The predicted octanol–water partition coefficient (Wildman–Crippen LogP) is 1.80. The zero-order chi connectivity index (χ0) is 13.3. The Balaban J connectivity index is 3.92. The van der Waals surface area contributed by atoms with Crippen molar-refractivity contribution in [2.24, 2.45) is 23.5 Å². The molecule has 0 aromatic rings. The molecule has 0 radical (unpaired) electrons. The molecular formula is C13H31NO2Si. The Labute approximate surface area is 109 Å². The second-order valence-electron chi connectivity index (χ2n) is 5.80. The average Bonchev–Trinajstić information content (AvgIpc) is 2.26. The van der Waals surface area contributed by atoms with Crippen LogP contribution in [-0.2, 0) is 9.47 Å². The molecule has 17 heavy (non-hydrogen) atoms. The van der Waals surface area contributed by atoms with Crippen LogP contribution in [0.1, 0.15) is 34.6 Å². The normalized spacial score (nSPS) is 14.6. The summed E-state index contributed by atoms with van der Waals surface area (Å²) in [5.74, 6) is 1.82. The van der Waals surface area contributed by atoms with Crippen LogP contribution in [0.3, 0.4) is 0 Å². The van der Waals surface area contributed by atoms with Gasteiger partial charge in [0.05, 0.1) is 22.7 Å². The summed E-state index contributed by atoms with van der Waals surface area (Å²) in [5, 5.41) is 0. The summed E-state index contributed by atoms with van der Waals surface area (Å²) in [7, 11) is -0.344. The molecule has 0 rings (SSSR count). The largest absolute Gasteiger partial charge is 0.357 e. The molecule has 1 atom stereocenters. The maximum Gasteiger partial charge on any atom is 0.134 e. The highest BCUT2D eigenvalue weighted by Crippen LogP contribution is 2.07. The van der Waals surface area contributed by atoms with Crippen molar-refractivity contribution in [2.75, 3.05) is 19.8 Å². The lowest BCUT2D eigenvalue weighted by molar-refractivity contribution is -0.104. The summed E-state index contributed by atoms with van der Waals surface area (Å²) in [6.45, 7) is 13.3. The smallest absolute Gasteiger partial charge is 0.134 e. The predicted molar refractivity (Wildman–Crippen MR) is 76.9 cm³/mol. The SMILES string of the molecule is CC(C)COC(OCC(C)C)[SiH2]CC(C)CN. The maximum atomic E-state index is 5.85. The van der Waals surface area contributed by atoms with Crippen molar-refractivity contribution < 1.29 is 9.47 Å². The van der Waals surface area contributed by atoms with E-state index >= 15 is 0 Å². The fourth-order valence-electron chi connectivity index (χ4n) is 1.35. The topological polar surface area (TPSA) is 44.5 Å². The Morgan fingerprint density at radius 1 is 0.941 bits per heavy atom. The van der Waals surface area contributed by atoms with Gasteiger partial charge in [-0.3, -0.25) is 0 Å². The van der Waals surface area contributed by atoms with Crippen LogP contribution < -0.4 is 5.73 Å². The molecule has 3 nitrogen and oxygen atoms in total. The molecule has 2 N–H and O–H groups in total. The van der Waals surface area contributed by atoms with Crippen LogP contribution in [0.4, 0.5) is 0 Å². The van der Waals surface area contributed by atoms with E-state index in [1.54, 1.807) is 0 Å². The molecule has 0 aromatic carbocycles. The van der Waals surface area contributed by atoms with E-state index in [1.165, 1.54) is 6.04 Å². The fourth-order valence-corrected chi connectivity index (χ4v) is 3.04. The minimum absolute atomic E-state index is 0.0776. The Bertz CT molecular complexity index is 165. The van der Waals surface area contributed by atoms with Crippen molar-refractivity contribution in [2.45, 2.75) is 46.6 Å². The first-order chi connectivity index (χ1) is 7.95. The van der Waals surface area contributed by atoms with Crippen molar-refractivity contribution >= 4 is 9.52 Å². The number of ether oxygens (including phenoxy) is 2. The Morgan fingerprint density at radius 2 is 1.41 bits per heavy atom. The Kier molecular flexibility index (Phi) is 10.1. The van der Waals surface area contributed by atoms with Crippen molar-refractivity contribution in [1.29, 1.82) is 0 Å². The van der Waals surface area contributed by atoms with Gasteiger partial charge >= 0.3 is 0 Å². The molecule has 0 spiro atoms. The highest BCUT2D eigenvalue weighted by atomic mass is 28.2. The first-order valence-corrected chi connectivity index (χ1v) is 8.70. The lowest BCUT2D eigenvalue weighted by Gasteiger charge is -2.21. The molecule has 0 saturated carbocycles. The molecule has 0 aliphatic rings. The van der Waals surface area contributed by atoms with E-state index in [4.69, 9.17) is 15.2 Å². The zero-order valence-corrected chi connectivity index (χ0v) is 13.7. The second-order valence-corrected chi connectivity index (χ2v) is 7.62. The third-order valence-corrected chi connectivity index (χ3v) is 4.79. The van der Waals surface area contributed by atoms with Gasteiger partial charge < -0.3 is 15.2 Å². The summed E-state index contributed by atoms with van der Waals surface area (Å²) in [6.07, 6.45) is 0. The van der Waals surface area contributed by atoms with Gasteiger partial charge in [-0.15, -0.1) is 0 Å². The lowest BCUT2D eigenvalue weighted by Crippen LogP contribution is -2.29. The molecular weight excluding hydrogens is 230 g/mol. The van der Waals surface area contributed by atoms with Gasteiger partial charge in [0.2, 0.25) is 0 Å². The maximum absolute atomic E-state index is 5.85. The summed E-state index contributed by atoms with van der Waals surface area (Å²) >= 11 is 0. The molecule has 0 aliphatic heterocycles. The third kappa shape index (κ3) is 10.9. The summed E-state index contributed by atoms with van der Waals surface area (Å²) in [6, 6.07) is 1.21. The van der Waals surface area contributed by atoms with Crippen molar-refractivity contribution in [3.05, 3.63) is 0 Å². The van der Waals surface area contributed by atoms with E-state index in [9.17, 15) is 0 Å². The molecule has 0 amide bonds. The van der Waals surface area contributed by atoms with Gasteiger partial charge in [-0.25, -0.2) is 0 Å². The minimum Gasteiger partial charge on any atom is -0.357 e. The molecule has 4 heteroatoms. The minimum atomic E-state index is -0.344. The van der Waals surface area contributed by atoms with Gasteiger partial charge in [-0.1, -0.05) is 40.7 Å². The monoisotopic (exact) mass is 261 g/mol. The Hall–Kier alpha value is 0.0969. The molecule has 0 aromatic heterocycles. The third-order valence-electron chi connectivity index (χ3n) is 2.53. The van der Waals surface area contributed by atoms with Crippen LogP contribution in [0.25, 0.3) is 0 Å². The van der Waals surface area contributed by atoms with Crippen LogP contribution in [0.5, 0.6) is 0 Å². The van der Waals surface area contributed by atoms with E-state index in [2.05, 4.69) is 34.6 Å². The van der Waals surface area contributed by atoms with Crippen molar-refractivity contribution in [3.63, 3.8) is 0 Å². The summed E-state index contributed by atoms with van der Waals surface area (Å²) in [5.41, 5.74) is 5.64. The molecule has 0 heterocycles. The van der Waals surface area contributed by atoms with Crippen LogP contribution in [-0.4, -0.2) is 35.2 Å². The van der Waals surface area contributed by atoms with Gasteiger partial charge in [0.25, 0.3) is 0 Å². The van der Waals surface area contributed by atoms with E-state index in [-0.39, 0.29) is 15.4 Å². The fraction of sp³-hybridized carbons (Fsp3) is 1.00. The molecule has 0 fully saturated rings. The first-order valence-electron chi connectivity index (χ1n) is 6.88. The molecule has 0 saturated heterocycles. The van der Waals surface area contributed by atoms with E-state index < -0.39 is 0 Å². The van der Waals surface area contributed by atoms with Crippen LogP contribution in [0.2, 0.25) is 6.04 Å². The molecule has 0 aliphatic carbocycles. The molecule has 104 valence electrons. The second kappa shape index (κ2) is 10.1. The zero-order valence-electron chi connectivity index (χ0n) is 12.2. The number of nitrogens with two attached hydrogens (primary N) is 1. The van der Waals surface area contributed by atoms with Gasteiger partial charge in [0, 0.05) is 0 Å². The number of rotatable bonds is 10. The van der Waals surface area contributed by atoms with Gasteiger partial charge in [-0.05, 0) is 24.3 Å². The summed E-state index contributed by atoms with van der Waals surface area (Å²) in [4.78, 5) is 0. The van der Waals surface area contributed by atoms with E-state index in [1.807, 2.05) is 0 Å². The van der Waals surface area contributed by atoms with Crippen LogP contribution in [0, 0.1) is 17.8 Å². The average molecular weight is 261 g/mol. The highest BCUT2D eigenvalue weighted by molar-refractivity contribution is 6.36. The van der Waals surface area contributed by atoms with E-state index in [0.29, 0.717) is 17.8 Å². The standard InChI is InChI=1S/C13H31NO2Si/c1-10(2)7-15-13(16-8-11(3)4)17-9-12(5)6-14/h10-13H,6-9,14,17H2,1-5H3. The van der Waals surface area contributed by atoms with Gasteiger partial charge in [0.15, 0.2) is 0 Å². The quantitative estimate of drug-likeness (QED) is 0.482. The van der Waals surface area contributed by atoms with Gasteiger partial charge in [-0.2, -0.15) is 0 Å². The van der Waals surface area contributed by atoms with Crippen molar-refractivity contribution in [3.8, 4) is 0 Å². The highest BCUT2D eigenvalue weighted by Gasteiger charge is 2.13. The number of hydrogen-bond acceptors (Lipinski definition) is 3.